The third-order valence-corrected chi connectivity index (χ3v) is 2.64. The molecule has 1 heterocycles. The number of benzene rings is 1. The summed E-state index contributed by atoms with van der Waals surface area (Å²) in [4.78, 5) is 12.0. The third-order valence-electron chi connectivity index (χ3n) is 2.64. The fourth-order valence-electron chi connectivity index (χ4n) is 1.81. The highest BCUT2D eigenvalue weighted by Gasteiger charge is 2.23. The lowest BCUT2D eigenvalue weighted by Crippen LogP contribution is -2.26. The number of carbonyl (C=O) groups excluding carboxylic acids is 1. The highest BCUT2D eigenvalue weighted by atomic mass is 16.6. The molecule has 0 aromatic heterocycles. The minimum atomic E-state index is -0.629. The van der Waals surface area contributed by atoms with Gasteiger partial charge in [-0.2, -0.15) is 5.26 Å². The Morgan fingerprint density at radius 1 is 1.25 bits per heavy atom. The molecule has 0 aliphatic carbocycles. The second-order valence-corrected chi connectivity index (χ2v) is 5.45. The summed E-state index contributed by atoms with van der Waals surface area (Å²) in [6.07, 6.45) is 3.58. The van der Waals surface area contributed by atoms with E-state index in [2.05, 4.69) is 5.32 Å². The lowest BCUT2D eigenvalue weighted by molar-refractivity contribution is -0.149. The minimum absolute atomic E-state index is 0.0225. The maximum atomic E-state index is 12.0. The lowest BCUT2D eigenvalue weighted by Gasteiger charge is -2.21. The SMILES string of the molecule is CC(C)(C)OC(=O)C(C#N)=C1C=Cc2ccccc2N1. The van der Waals surface area contributed by atoms with Gasteiger partial charge in [-0.15, -0.1) is 0 Å². The van der Waals surface area contributed by atoms with Crippen LogP contribution in [0.5, 0.6) is 0 Å². The van der Waals surface area contributed by atoms with Gasteiger partial charge in [-0.3, -0.25) is 0 Å². The van der Waals surface area contributed by atoms with E-state index < -0.39 is 11.6 Å². The van der Waals surface area contributed by atoms with E-state index in [1.807, 2.05) is 36.4 Å². The lowest BCUT2D eigenvalue weighted by atomic mass is 10.1. The fraction of sp³-hybridized carbons (Fsp3) is 0.250. The summed E-state index contributed by atoms with van der Waals surface area (Å²) in [5, 5.41) is 12.3. The van der Waals surface area contributed by atoms with E-state index in [-0.39, 0.29) is 5.57 Å². The number of nitriles is 1. The van der Waals surface area contributed by atoms with Crippen molar-refractivity contribution < 1.29 is 9.53 Å². The number of nitrogens with zero attached hydrogens (tertiary/aromatic N) is 1. The maximum Gasteiger partial charge on any atom is 0.351 e. The molecule has 1 aliphatic rings. The smallest absolute Gasteiger partial charge is 0.351 e. The molecule has 0 atom stereocenters. The zero-order chi connectivity index (χ0) is 14.8. The molecule has 0 fully saturated rings. The van der Waals surface area contributed by atoms with E-state index >= 15 is 0 Å². The molecule has 2 rings (SSSR count). The molecule has 4 heteroatoms. The van der Waals surface area contributed by atoms with Crippen LogP contribution < -0.4 is 5.32 Å². The molecule has 1 aromatic carbocycles. The molecule has 0 saturated carbocycles. The molecule has 1 aromatic rings. The molecule has 1 N–H and O–H groups in total. The van der Waals surface area contributed by atoms with Gasteiger partial charge < -0.3 is 10.1 Å². The average molecular weight is 268 g/mol. The van der Waals surface area contributed by atoms with Crippen LogP contribution in [0.4, 0.5) is 5.69 Å². The van der Waals surface area contributed by atoms with Gasteiger partial charge in [0, 0.05) is 5.69 Å². The highest BCUT2D eigenvalue weighted by molar-refractivity contribution is 5.96. The van der Waals surface area contributed by atoms with Crippen LogP contribution in [0, 0.1) is 11.3 Å². The monoisotopic (exact) mass is 268 g/mol. The zero-order valence-electron chi connectivity index (χ0n) is 11.7. The van der Waals surface area contributed by atoms with Crippen molar-refractivity contribution >= 4 is 17.7 Å². The molecule has 0 radical (unpaired) electrons. The Bertz CT molecular complexity index is 643. The third kappa shape index (κ3) is 3.07. The molecule has 4 nitrogen and oxygen atoms in total. The Balaban J connectivity index is 2.33. The average Bonchev–Trinajstić information content (AvgIpc) is 2.37. The largest absolute Gasteiger partial charge is 0.456 e. The Hall–Kier alpha value is -2.54. The number of carbonyl (C=O) groups is 1. The number of hydrogen-bond acceptors (Lipinski definition) is 4. The molecule has 1 aliphatic heterocycles. The Labute approximate surface area is 118 Å². The summed E-state index contributed by atoms with van der Waals surface area (Å²) in [7, 11) is 0. The van der Waals surface area contributed by atoms with E-state index in [9.17, 15) is 10.1 Å². The number of anilines is 1. The van der Waals surface area contributed by atoms with Gasteiger partial charge in [0.1, 0.15) is 11.7 Å². The maximum absolute atomic E-state index is 12.0. The number of allylic oxidation sites excluding steroid dienone is 1. The predicted octanol–water partition coefficient (Wildman–Crippen LogP) is 3.24. The molecule has 20 heavy (non-hydrogen) atoms. The molecule has 0 amide bonds. The summed E-state index contributed by atoms with van der Waals surface area (Å²) in [5.41, 5.74) is 1.68. The number of ether oxygens (including phenoxy) is 1. The van der Waals surface area contributed by atoms with Crippen molar-refractivity contribution in [2.75, 3.05) is 5.32 Å². The number of esters is 1. The van der Waals surface area contributed by atoms with Gasteiger partial charge in [0.15, 0.2) is 5.57 Å². The number of para-hydroxylation sites is 1. The minimum Gasteiger partial charge on any atom is -0.456 e. The first-order valence-electron chi connectivity index (χ1n) is 6.32. The highest BCUT2D eigenvalue weighted by Crippen LogP contribution is 2.26. The van der Waals surface area contributed by atoms with Crippen LogP contribution in [0.25, 0.3) is 6.08 Å². The number of hydrogen-bond donors (Lipinski definition) is 1. The first-order chi connectivity index (χ1) is 9.40. The van der Waals surface area contributed by atoms with Crippen molar-refractivity contribution in [2.45, 2.75) is 26.4 Å². The van der Waals surface area contributed by atoms with Crippen LogP contribution in [0.2, 0.25) is 0 Å². The van der Waals surface area contributed by atoms with Gasteiger partial charge in [-0.05, 0) is 38.5 Å². The second-order valence-electron chi connectivity index (χ2n) is 5.45. The van der Waals surface area contributed by atoms with Gasteiger partial charge in [0.05, 0.1) is 5.70 Å². The van der Waals surface area contributed by atoms with Crippen LogP contribution in [-0.2, 0) is 9.53 Å². The van der Waals surface area contributed by atoms with E-state index in [0.29, 0.717) is 5.70 Å². The topological polar surface area (TPSA) is 62.1 Å². The van der Waals surface area contributed by atoms with E-state index in [1.165, 1.54) is 0 Å². The van der Waals surface area contributed by atoms with Gasteiger partial charge >= 0.3 is 5.97 Å². The van der Waals surface area contributed by atoms with Gasteiger partial charge in [-0.25, -0.2) is 4.79 Å². The predicted molar refractivity (Wildman–Crippen MR) is 77.6 cm³/mol. The van der Waals surface area contributed by atoms with Crippen LogP contribution in [0.1, 0.15) is 26.3 Å². The quantitative estimate of drug-likeness (QED) is 0.482. The molecule has 0 bridgehead atoms. The molecule has 102 valence electrons. The fourth-order valence-corrected chi connectivity index (χ4v) is 1.81. The van der Waals surface area contributed by atoms with Gasteiger partial charge in [-0.1, -0.05) is 24.3 Å². The molecular weight excluding hydrogens is 252 g/mol. The van der Waals surface area contributed by atoms with Crippen molar-refractivity contribution in [3.63, 3.8) is 0 Å². The van der Waals surface area contributed by atoms with Crippen LogP contribution in [-0.4, -0.2) is 11.6 Å². The number of nitrogens with one attached hydrogen (secondary N) is 1. The Kier molecular flexibility index (Phi) is 3.62. The van der Waals surface area contributed by atoms with Gasteiger partial charge in [0.25, 0.3) is 0 Å². The van der Waals surface area contributed by atoms with Crippen LogP contribution in [0.15, 0.2) is 41.6 Å². The molecule has 0 saturated heterocycles. The Morgan fingerprint density at radius 3 is 2.60 bits per heavy atom. The van der Waals surface area contributed by atoms with Gasteiger partial charge in [0.2, 0.25) is 0 Å². The molecule has 0 unspecified atom stereocenters. The van der Waals surface area contributed by atoms with E-state index in [0.717, 1.165) is 11.3 Å². The number of fused-ring (bicyclic) bond motifs is 1. The molecular formula is C16H16N2O2. The van der Waals surface area contributed by atoms with Crippen molar-refractivity contribution in [3.05, 3.63) is 47.2 Å². The second kappa shape index (κ2) is 5.22. The summed E-state index contributed by atoms with van der Waals surface area (Å²) < 4.78 is 5.24. The van der Waals surface area contributed by atoms with E-state index in [1.54, 1.807) is 26.8 Å². The first-order valence-corrected chi connectivity index (χ1v) is 6.32. The summed E-state index contributed by atoms with van der Waals surface area (Å²) in [5.74, 6) is -0.619. The summed E-state index contributed by atoms with van der Waals surface area (Å²) in [6, 6.07) is 9.58. The summed E-state index contributed by atoms with van der Waals surface area (Å²) in [6.45, 7) is 5.30. The zero-order valence-corrected chi connectivity index (χ0v) is 11.7. The van der Waals surface area contributed by atoms with Crippen molar-refractivity contribution in [1.82, 2.24) is 0 Å². The van der Waals surface area contributed by atoms with Crippen molar-refractivity contribution in [1.29, 1.82) is 5.26 Å². The summed E-state index contributed by atoms with van der Waals surface area (Å²) >= 11 is 0. The van der Waals surface area contributed by atoms with Crippen LogP contribution >= 0.6 is 0 Å². The van der Waals surface area contributed by atoms with Crippen LogP contribution in [0.3, 0.4) is 0 Å². The first kappa shape index (κ1) is 13.9. The number of rotatable bonds is 1. The van der Waals surface area contributed by atoms with Crippen molar-refractivity contribution in [3.8, 4) is 6.07 Å². The molecule has 0 spiro atoms. The Morgan fingerprint density at radius 2 is 1.95 bits per heavy atom. The standard InChI is InChI=1S/C16H16N2O2/c1-16(2,3)20-15(19)12(10-17)14-9-8-11-6-4-5-7-13(11)18-14/h4-9,18H,1-3H3. The van der Waals surface area contributed by atoms with E-state index in [4.69, 9.17) is 4.74 Å². The van der Waals surface area contributed by atoms with Crippen molar-refractivity contribution in [2.24, 2.45) is 0 Å². The normalized spacial score (nSPS) is 15.7.